The van der Waals surface area contributed by atoms with E-state index in [1.807, 2.05) is 0 Å². The Morgan fingerprint density at radius 2 is 1.89 bits per heavy atom. The third kappa shape index (κ3) is 5.07. The van der Waals surface area contributed by atoms with Crippen LogP contribution in [0.3, 0.4) is 0 Å². The first-order chi connectivity index (χ1) is 17.4. The van der Waals surface area contributed by atoms with Gasteiger partial charge in [-0.3, -0.25) is 9.59 Å². The van der Waals surface area contributed by atoms with E-state index in [0.717, 1.165) is 30.4 Å². The van der Waals surface area contributed by atoms with Crippen LogP contribution in [0, 0.1) is 17.7 Å². The highest BCUT2D eigenvalue weighted by Gasteiger charge is 2.51. The molecule has 1 aromatic carbocycles. The summed E-state index contributed by atoms with van der Waals surface area (Å²) in [5.74, 6) is -3.42. The number of hydrogen-bond acceptors (Lipinski definition) is 8. The van der Waals surface area contributed by atoms with E-state index >= 15 is 0 Å². The standard InChI is InChI=1S/C23H25FN4O6S3/c1-36(31,32)25-10-14-12-35-22-20(14)37(33,34)27-21(26-22)18-19(29)16-4-2-3-5-17(16)28(23(18)30)11-13-6-8-15(24)9-7-13/h6-9,12,16-18,25H,2-5,10-11H2,1H3,(H,26,27)/t16-,17+,18?/m0/s1. The molecule has 10 nitrogen and oxygen atoms in total. The number of nitrogens with one attached hydrogen (secondary N) is 2. The van der Waals surface area contributed by atoms with Crippen molar-refractivity contribution < 1.29 is 30.8 Å². The lowest BCUT2D eigenvalue weighted by Crippen LogP contribution is -2.60. The Labute approximate surface area is 218 Å². The number of Topliss-reactive ketones (excluding diaryl/α,β-unsaturated/α-hetero) is 1. The highest BCUT2D eigenvalue weighted by Crippen LogP contribution is 2.41. The minimum Gasteiger partial charge on any atom is -0.334 e. The molecule has 3 heterocycles. The van der Waals surface area contributed by atoms with Gasteiger partial charge in [0.05, 0.1) is 6.26 Å². The monoisotopic (exact) mass is 568 g/mol. The molecule has 0 bridgehead atoms. The molecule has 3 aliphatic rings. The van der Waals surface area contributed by atoms with Gasteiger partial charge < -0.3 is 10.2 Å². The molecule has 1 amide bonds. The summed E-state index contributed by atoms with van der Waals surface area (Å²) in [6.45, 7) is -0.0808. The maximum absolute atomic E-state index is 13.7. The lowest BCUT2D eigenvalue weighted by molar-refractivity contribution is -0.152. The van der Waals surface area contributed by atoms with Gasteiger partial charge in [0, 0.05) is 30.6 Å². The highest BCUT2D eigenvalue weighted by molar-refractivity contribution is 7.91. The van der Waals surface area contributed by atoms with Crippen LogP contribution in [0.1, 0.15) is 36.8 Å². The van der Waals surface area contributed by atoms with Crippen molar-refractivity contribution in [1.29, 1.82) is 0 Å². The van der Waals surface area contributed by atoms with Gasteiger partial charge in [-0.15, -0.1) is 15.7 Å². The Balaban J connectivity index is 1.48. The number of amidine groups is 1. The molecule has 2 aliphatic heterocycles. The fourth-order valence-electron chi connectivity index (χ4n) is 5.24. The predicted molar refractivity (Wildman–Crippen MR) is 135 cm³/mol. The maximum atomic E-state index is 13.7. The summed E-state index contributed by atoms with van der Waals surface area (Å²) < 4.78 is 68.8. The number of benzene rings is 1. The molecule has 37 heavy (non-hydrogen) atoms. The molecule has 5 rings (SSSR count). The Morgan fingerprint density at radius 1 is 1.19 bits per heavy atom. The molecule has 1 saturated carbocycles. The summed E-state index contributed by atoms with van der Waals surface area (Å²) >= 11 is 1.02. The van der Waals surface area contributed by atoms with Crippen LogP contribution in [-0.4, -0.2) is 51.6 Å². The topological polar surface area (TPSA) is 142 Å². The number of carbonyl (C=O) groups is 2. The number of anilines is 1. The average Bonchev–Trinajstić information content (AvgIpc) is 3.25. The number of rotatable bonds is 6. The SMILES string of the molecule is CS(=O)(=O)NCc1csc2c1S(=O)(=O)N=C(C1C(=O)[C@H]3CCCC[C@H]3N(Cc3ccc(F)cc3)C1=O)N2. The number of likely N-dealkylation sites (tertiary alicyclic amines) is 1. The lowest BCUT2D eigenvalue weighted by Gasteiger charge is -2.46. The molecule has 2 aromatic rings. The first-order valence-corrected chi connectivity index (χ1v) is 15.9. The van der Waals surface area contributed by atoms with E-state index in [1.165, 1.54) is 17.5 Å². The Bertz CT molecular complexity index is 1500. The summed E-state index contributed by atoms with van der Waals surface area (Å²) in [5, 5.41) is 4.55. The fraction of sp³-hybridized carbons (Fsp3) is 0.435. The molecule has 0 radical (unpaired) electrons. The lowest BCUT2D eigenvalue weighted by atomic mass is 9.73. The Morgan fingerprint density at radius 3 is 2.59 bits per heavy atom. The van der Waals surface area contributed by atoms with Crippen LogP contribution in [0.5, 0.6) is 0 Å². The van der Waals surface area contributed by atoms with Crippen LogP contribution in [0.2, 0.25) is 0 Å². The molecule has 198 valence electrons. The first-order valence-electron chi connectivity index (χ1n) is 11.7. The number of piperidine rings is 1. The molecular formula is C23H25FN4O6S3. The molecule has 14 heteroatoms. The first kappa shape index (κ1) is 25.9. The number of thiophene rings is 1. The van der Waals surface area contributed by atoms with Gasteiger partial charge in [-0.05, 0) is 35.9 Å². The number of ketones is 1. The van der Waals surface area contributed by atoms with Gasteiger partial charge in [-0.25, -0.2) is 17.5 Å². The van der Waals surface area contributed by atoms with Gasteiger partial charge in [-0.1, -0.05) is 25.0 Å². The van der Waals surface area contributed by atoms with Gasteiger partial charge in [0.2, 0.25) is 15.9 Å². The zero-order valence-corrected chi connectivity index (χ0v) is 22.3. The number of nitrogens with zero attached hydrogens (tertiary/aromatic N) is 2. The molecule has 0 spiro atoms. The van der Waals surface area contributed by atoms with Crippen molar-refractivity contribution in [3.05, 3.63) is 46.6 Å². The smallest absolute Gasteiger partial charge is 0.287 e. The number of fused-ring (bicyclic) bond motifs is 2. The molecule has 1 saturated heterocycles. The molecule has 2 N–H and O–H groups in total. The summed E-state index contributed by atoms with van der Waals surface area (Å²) in [5.41, 5.74) is 0.911. The summed E-state index contributed by atoms with van der Waals surface area (Å²) in [7, 11) is -7.88. The van der Waals surface area contributed by atoms with E-state index in [1.54, 1.807) is 17.0 Å². The van der Waals surface area contributed by atoms with Crippen molar-refractivity contribution in [3.63, 3.8) is 0 Å². The van der Waals surface area contributed by atoms with E-state index in [4.69, 9.17) is 0 Å². The number of halogens is 1. The van der Waals surface area contributed by atoms with Gasteiger partial charge in [-0.2, -0.15) is 8.42 Å². The van der Waals surface area contributed by atoms with E-state index < -0.39 is 43.6 Å². The second kappa shape index (κ2) is 9.57. The second-order valence-corrected chi connectivity index (χ2v) is 13.7. The fourth-order valence-corrected chi connectivity index (χ4v) is 8.30. The van der Waals surface area contributed by atoms with Crippen molar-refractivity contribution in [2.45, 2.75) is 49.7 Å². The van der Waals surface area contributed by atoms with Crippen molar-refractivity contribution >= 4 is 53.9 Å². The van der Waals surface area contributed by atoms with Crippen molar-refractivity contribution in [1.82, 2.24) is 9.62 Å². The summed E-state index contributed by atoms with van der Waals surface area (Å²) in [4.78, 5) is 28.7. The van der Waals surface area contributed by atoms with Crippen LogP contribution in [-0.2, 0) is 42.7 Å². The number of amides is 1. The number of sulfonamides is 2. The molecule has 1 aliphatic carbocycles. The highest BCUT2D eigenvalue weighted by atomic mass is 32.2. The van der Waals surface area contributed by atoms with Crippen LogP contribution in [0.4, 0.5) is 9.39 Å². The van der Waals surface area contributed by atoms with Crippen molar-refractivity contribution in [2.24, 2.45) is 16.2 Å². The van der Waals surface area contributed by atoms with Gasteiger partial charge in [0.25, 0.3) is 10.0 Å². The van der Waals surface area contributed by atoms with Crippen molar-refractivity contribution in [2.75, 3.05) is 11.6 Å². The van der Waals surface area contributed by atoms with Gasteiger partial charge >= 0.3 is 0 Å². The zero-order chi connectivity index (χ0) is 26.5. The third-order valence-corrected chi connectivity index (χ3v) is 10.1. The average molecular weight is 569 g/mol. The maximum Gasteiger partial charge on any atom is 0.287 e. The van der Waals surface area contributed by atoms with Gasteiger partial charge in [0.15, 0.2) is 11.7 Å². The molecule has 1 unspecified atom stereocenters. The predicted octanol–water partition coefficient (Wildman–Crippen LogP) is 2.24. The Kier molecular flexibility index (Phi) is 6.71. The molecule has 3 atom stereocenters. The normalized spacial score (nSPS) is 25.2. The van der Waals surface area contributed by atoms with Crippen LogP contribution >= 0.6 is 11.3 Å². The molecule has 1 aromatic heterocycles. The summed E-state index contributed by atoms with van der Waals surface area (Å²) in [6, 6.07) is 5.45. The van der Waals surface area contributed by atoms with Crippen LogP contribution in [0.25, 0.3) is 0 Å². The van der Waals surface area contributed by atoms with Crippen LogP contribution < -0.4 is 10.0 Å². The van der Waals surface area contributed by atoms with Gasteiger partial charge in [0.1, 0.15) is 21.5 Å². The largest absolute Gasteiger partial charge is 0.334 e. The van der Waals surface area contributed by atoms with E-state index in [-0.39, 0.29) is 46.2 Å². The van der Waals surface area contributed by atoms with E-state index in [2.05, 4.69) is 14.4 Å². The van der Waals surface area contributed by atoms with E-state index in [9.17, 15) is 30.8 Å². The van der Waals surface area contributed by atoms with E-state index in [0.29, 0.717) is 18.4 Å². The third-order valence-electron chi connectivity index (χ3n) is 6.91. The minimum atomic E-state index is -4.32. The minimum absolute atomic E-state index is 0.162. The molecule has 2 fully saturated rings. The van der Waals surface area contributed by atoms with Crippen LogP contribution in [0.15, 0.2) is 38.9 Å². The number of hydrogen-bond donors (Lipinski definition) is 2. The second-order valence-electron chi connectivity index (χ2n) is 9.48. The molecular weight excluding hydrogens is 543 g/mol. The zero-order valence-electron chi connectivity index (χ0n) is 19.8. The van der Waals surface area contributed by atoms with Crippen molar-refractivity contribution in [3.8, 4) is 0 Å². The number of carbonyl (C=O) groups excluding carboxylic acids is 2. The Hall–Kier alpha value is -2.68. The quantitative estimate of drug-likeness (QED) is 0.509. The summed E-state index contributed by atoms with van der Waals surface area (Å²) in [6.07, 6.45) is 3.88.